The third-order valence-corrected chi connectivity index (χ3v) is 2.16. The second-order valence-electron chi connectivity index (χ2n) is 5.44. The zero-order valence-electron chi connectivity index (χ0n) is 10.5. The Balaban J connectivity index is 3.92. The van der Waals surface area contributed by atoms with E-state index in [4.69, 9.17) is 4.74 Å². The molecule has 0 aromatic heterocycles. The number of hydrogen-bond donors (Lipinski definition) is 2. The van der Waals surface area contributed by atoms with Crippen LogP contribution in [0.3, 0.4) is 0 Å². The Kier molecular flexibility index (Phi) is 4.59. The van der Waals surface area contributed by atoms with E-state index in [1.807, 2.05) is 27.7 Å². The van der Waals surface area contributed by atoms with Crippen molar-refractivity contribution in [2.24, 2.45) is 5.92 Å². The molecule has 15 heavy (non-hydrogen) atoms. The minimum Gasteiger partial charge on any atom is -0.444 e. The minimum atomic E-state index is -0.797. The van der Waals surface area contributed by atoms with Crippen LogP contribution in [0.1, 0.15) is 41.5 Å². The molecule has 0 saturated carbocycles. The second-order valence-corrected chi connectivity index (χ2v) is 5.44. The van der Waals surface area contributed by atoms with E-state index < -0.39 is 17.3 Å². The van der Waals surface area contributed by atoms with E-state index >= 15 is 0 Å². The van der Waals surface area contributed by atoms with Crippen LogP contribution in [0.5, 0.6) is 0 Å². The molecule has 0 aromatic rings. The highest BCUT2D eigenvalue weighted by atomic mass is 16.6. The Hall–Kier alpha value is -0.770. The maximum Gasteiger partial charge on any atom is 0.407 e. The number of ether oxygens (including phenoxy) is 1. The van der Waals surface area contributed by atoms with Crippen molar-refractivity contribution < 1.29 is 14.6 Å². The number of hydrogen-bond acceptors (Lipinski definition) is 3. The van der Waals surface area contributed by atoms with Gasteiger partial charge in [0.15, 0.2) is 0 Å². The van der Waals surface area contributed by atoms with E-state index in [2.05, 4.69) is 5.32 Å². The SMILES string of the molecule is CC(CNC(=O)OC(C)(C)C)C(C)(C)O. The van der Waals surface area contributed by atoms with Gasteiger partial charge in [-0.05, 0) is 34.6 Å². The van der Waals surface area contributed by atoms with Gasteiger partial charge in [0.1, 0.15) is 5.60 Å². The van der Waals surface area contributed by atoms with E-state index in [0.29, 0.717) is 6.54 Å². The highest BCUT2D eigenvalue weighted by Crippen LogP contribution is 2.14. The van der Waals surface area contributed by atoms with Crippen molar-refractivity contribution in [1.29, 1.82) is 0 Å². The van der Waals surface area contributed by atoms with Crippen LogP contribution in [-0.2, 0) is 4.74 Å². The van der Waals surface area contributed by atoms with Crippen molar-refractivity contribution in [2.75, 3.05) is 6.54 Å². The number of alkyl carbamates (subject to hydrolysis) is 1. The number of nitrogens with one attached hydrogen (secondary N) is 1. The summed E-state index contributed by atoms with van der Waals surface area (Å²) >= 11 is 0. The molecule has 90 valence electrons. The molecule has 0 bridgehead atoms. The molecular formula is C11H23NO3. The summed E-state index contributed by atoms with van der Waals surface area (Å²) in [6.45, 7) is 11.1. The predicted octanol–water partition coefficient (Wildman–Crippen LogP) is 1.92. The summed E-state index contributed by atoms with van der Waals surface area (Å²) in [7, 11) is 0. The highest BCUT2D eigenvalue weighted by Gasteiger charge is 2.23. The van der Waals surface area contributed by atoms with Gasteiger partial charge < -0.3 is 15.2 Å². The lowest BCUT2D eigenvalue weighted by molar-refractivity contribution is 0.0203. The largest absolute Gasteiger partial charge is 0.444 e. The molecule has 4 heteroatoms. The molecule has 0 aliphatic carbocycles. The van der Waals surface area contributed by atoms with E-state index in [1.54, 1.807) is 13.8 Å². The van der Waals surface area contributed by atoms with Crippen LogP contribution < -0.4 is 5.32 Å². The molecule has 0 aromatic carbocycles. The molecule has 1 unspecified atom stereocenters. The molecule has 0 radical (unpaired) electrons. The molecule has 4 nitrogen and oxygen atoms in total. The van der Waals surface area contributed by atoms with E-state index in [1.165, 1.54) is 0 Å². The molecule has 0 heterocycles. The molecule has 2 N–H and O–H groups in total. The molecule has 0 rings (SSSR count). The summed E-state index contributed by atoms with van der Waals surface area (Å²) < 4.78 is 5.07. The van der Waals surface area contributed by atoms with Gasteiger partial charge in [0.05, 0.1) is 5.60 Å². The van der Waals surface area contributed by atoms with Crippen molar-refractivity contribution in [3.05, 3.63) is 0 Å². The molecule has 1 amide bonds. The van der Waals surface area contributed by atoms with E-state index in [9.17, 15) is 9.90 Å². The first-order valence-corrected chi connectivity index (χ1v) is 5.21. The van der Waals surface area contributed by atoms with Crippen LogP contribution in [-0.4, -0.2) is 28.9 Å². The molecule has 0 fully saturated rings. The van der Waals surface area contributed by atoms with Gasteiger partial charge >= 0.3 is 6.09 Å². The summed E-state index contributed by atoms with van der Waals surface area (Å²) in [5, 5.41) is 12.3. The maximum absolute atomic E-state index is 11.3. The normalized spacial score (nSPS) is 14.6. The van der Waals surface area contributed by atoms with Gasteiger partial charge in [-0.1, -0.05) is 6.92 Å². The number of carbonyl (C=O) groups is 1. The zero-order valence-corrected chi connectivity index (χ0v) is 10.5. The Labute approximate surface area is 92.0 Å². The first kappa shape index (κ1) is 14.2. The standard InChI is InChI=1S/C11H23NO3/c1-8(11(5,6)14)7-12-9(13)15-10(2,3)4/h8,14H,7H2,1-6H3,(H,12,13). The second kappa shape index (κ2) is 4.84. The lowest BCUT2D eigenvalue weighted by atomic mass is 9.93. The topological polar surface area (TPSA) is 58.6 Å². The van der Waals surface area contributed by atoms with Crippen molar-refractivity contribution in [2.45, 2.75) is 52.7 Å². The van der Waals surface area contributed by atoms with Gasteiger partial charge in [0.25, 0.3) is 0 Å². The number of amides is 1. The molecule has 0 saturated heterocycles. The highest BCUT2D eigenvalue weighted by molar-refractivity contribution is 5.67. The number of carbonyl (C=O) groups excluding carboxylic acids is 1. The van der Waals surface area contributed by atoms with Crippen molar-refractivity contribution in [1.82, 2.24) is 5.32 Å². The Morgan fingerprint density at radius 1 is 1.33 bits per heavy atom. The van der Waals surface area contributed by atoms with Crippen molar-refractivity contribution in [3.63, 3.8) is 0 Å². The third kappa shape index (κ3) is 7.19. The third-order valence-electron chi connectivity index (χ3n) is 2.16. The van der Waals surface area contributed by atoms with Crippen molar-refractivity contribution in [3.8, 4) is 0 Å². The predicted molar refractivity (Wildman–Crippen MR) is 59.7 cm³/mol. The monoisotopic (exact) mass is 217 g/mol. The Morgan fingerprint density at radius 3 is 2.13 bits per heavy atom. The molecule has 0 aliphatic heterocycles. The fraction of sp³-hybridized carbons (Fsp3) is 0.909. The summed E-state index contributed by atoms with van der Waals surface area (Å²) in [6.07, 6.45) is -0.446. The summed E-state index contributed by atoms with van der Waals surface area (Å²) in [6, 6.07) is 0. The van der Waals surface area contributed by atoms with Crippen LogP contribution >= 0.6 is 0 Å². The molecule has 1 atom stereocenters. The maximum atomic E-state index is 11.3. The van der Waals surface area contributed by atoms with Gasteiger partial charge in [-0.25, -0.2) is 4.79 Å². The molecule has 0 aliphatic rings. The summed E-state index contributed by atoms with van der Waals surface area (Å²) in [5.74, 6) is -0.0231. The first-order valence-electron chi connectivity index (χ1n) is 5.21. The Bertz CT molecular complexity index is 213. The minimum absolute atomic E-state index is 0.0231. The van der Waals surface area contributed by atoms with Gasteiger partial charge in [0, 0.05) is 12.5 Å². The molecule has 0 spiro atoms. The smallest absolute Gasteiger partial charge is 0.407 e. The fourth-order valence-electron chi connectivity index (χ4n) is 0.800. The van der Waals surface area contributed by atoms with Crippen LogP contribution in [0, 0.1) is 5.92 Å². The Morgan fingerprint density at radius 2 is 1.80 bits per heavy atom. The zero-order chi connectivity index (χ0) is 12.3. The average molecular weight is 217 g/mol. The fourth-order valence-corrected chi connectivity index (χ4v) is 0.800. The van der Waals surface area contributed by atoms with Gasteiger partial charge in [-0.2, -0.15) is 0 Å². The van der Waals surface area contributed by atoms with E-state index in [-0.39, 0.29) is 5.92 Å². The summed E-state index contributed by atoms with van der Waals surface area (Å²) in [4.78, 5) is 11.3. The van der Waals surface area contributed by atoms with E-state index in [0.717, 1.165) is 0 Å². The lowest BCUT2D eigenvalue weighted by Gasteiger charge is -2.26. The van der Waals surface area contributed by atoms with Crippen LogP contribution in [0.2, 0.25) is 0 Å². The van der Waals surface area contributed by atoms with Gasteiger partial charge in [-0.15, -0.1) is 0 Å². The quantitative estimate of drug-likeness (QED) is 0.759. The van der Waals surface area contributed by atoms with Crippen LogP contribution in [0.15, 0.2) is 0 Å². The summed E-state index contributed by atoms with van der Waals surface area (Å²) in [5.41, 5.74) is -1.28. The van der Waals surface area contributed by atoms with Crippen LogP contribution in [0.25, 0.3) is 0 Å². The lowest BCUT2D eigenvalue weighted by Crippen LogP contribution is -2.40. The van der Waals surface area contributed by atoms with Gasteiger partial charge in [-0.3, -0.25) is 0 Å². The first-order chi connectivity index (χ1) is 6.52. The van der Waals surface area contributed by atoms with Crippen LogP contribution in [0.4, 0.5) is 4.79 Å². The average Bonchev–Trinajstić information content (AvgIpc) is 1.94. The molecular weight excluding hydrogens is 194 g/mol. The number of rotatable bonds is 3. The van der Waals surface area contributed by atoms with Crippen molar-refractivity contribution >= 4 is 6.09 Å². The number of aliphatic hydroxyl groups is 1. The van der Waals surface area contributed by atoms with Gasteiger partial charge in [0.2, 0.25) is 0 Å².